The van der Waals surface area contributed by atoms with E-state index in [-0.39, 0.29) is 15.8 Å². The number of ether oxygens (including phenoxy) is 1. The van der Waals surface area contributed by atoms with Crippen LogP contribution >= 0.6 is 11.6 Å². The fourth-order valence-electron chi connectivity index (χ4n) is 2.60. The van der Waals surface area contributed by atoms with Crippen molar-refractivity contribution in [2.45, 2.75) is 31.1 Å². The summed E-state index contributed by atoms with van der Waals surface area (Å²) >= 11 is 6.25. The van der Waals surface area contributed by atoms with Crippen molar-refractivity contribution in [1.29, 1.82) is 0 Å². The van der Waals surface area contributed by atoms with Gasteiger partial charge in [0.1, 0.15) is 5.75 Å². The molecule has 6 nitrogen and oxygen atoms in total. The molecule has 8 heteroatoms. The molecule has 0 aliphatic heterocycles. The second-order valence-electron chi connectivity index (χ2n) is 6.28. The van der Waals surface area contributed by atoms with Crippen molar-refractivity contribution in [2.24, 2.45) is 0 Å². The third-order valence-electron chi connectivity index (χ3n) is 4.34. The molecule has 28 heavy (non-hydrogen) atoms. The van der Waals surface area contributed by atoms with Gasteiger partial charge in [-0.3, -0.25) is 9.10 Å². The zero-order chi connectivity index (χ0) is 20.7. The predicted molar refractivity (Wildman–Crippen MR) is 112 cm³/mol. The molecule has 0 unspecified atom stereocenters. The number of benzene rings is 2. The molecule has 0 radical (unpaired) electrons. The fraction of sp³-hybridized carbons (Fsp3) is 0.350. The van der Waals surface area contributed by atoms with Gasteiger partial charge in [0, 0.05) is 13.6 Å². The summed E-state index contributed by atoms with van der Waals surface area (Å²) in [7, 11) is -0.816. The molecule has 0 saturated heterocycles. The van der Waals surface area contributed by atoms with Crippen LogP contribution in [0.25, 0.3) is 0 Å². The molecule has 2 rings (SSSR count). The monoisotopic (exact) mass is 424 g/mol. The quantitative estimate of drug-likeness (QED) is 0.615. The van der Waals surface area contributed by atoms with E-state index in [0.29, 0.717) is 23.5 Å². The van der Waals surface area contributed by atoms with E-state index in [9.17, 15) is 13.2 Å². The number of carbonyl (C=O) groups excluding carboxylic acids is 1. The van der Waals surface area contributed by atoms with Crippen LogP contribution in [0.4, 0.5) is 5.69 Å². The smallest absolute Gasteiger partial charge is 0.264 e. The first kappa shape index (κ1) is 22.0. The average Bonchev–Trinajstić information content (AvgIpc) is 2.70. The van der Waals surface area contributed by atoms with E-state index >= 15 is 0 Å². The first-order valence-corrected chi connectivity index (χ1v) is 10.8. The van der Waals surface area contributed by atoms with Gasteiger partial charge in [-0.05, 0) is 48.9 Å². The van der Waals surface area contributed by atoms with E-state index in [1.165, 1.54) is 38.4 Å². The molecule has 0 aliphatic rings. The van der Waals surface area contributed by atoms with Crippen molar-refractivity contribution in [2.75, 3.05) is 25.0 Å². The number of nitrogens with zero attached hydrogens (tertiary/aromatic N) is 1. The van der Waals surface area contributed by atoms with Gasteiger partial charge >= 0.3 is 0 Å². The van der Waals surface area contributed by atoms with Crippen LogP contribution in [0, 0.1) is 0 Å². The van der Waals surface area contributed by atoms with Crippen LogP contribution in [0.15, 0.2) is 47.4 Å². The van der Waals surface area contributed by atoms with Crippen LogP contribution in [0.3, 0.4) is 0 Å². The summed E-state index contributed by atoms with van der Waals surface area (Å²) in [5, 5.41) is 3.02. The number of hydrogen-bond donors (Lipinski definition) is 1. The minimum absolute atomic E-state index is 0.129. The second-order valence-corrected chi connectivity index (χ2v) is 8.65. The third kappa shape index (κ3) is 5.17. The van der Waals surface area contributed by atoms with E-state index in [1.54, 1.807) is 18.2 Å². The number of methoxy groups -OCH3 is 1. The predicted octanol–water partition coefficient (Wildman–Crippen LogP) is 4.09. The molecule has 1 N–H and O–H groups in total. The van der Waals surface area contributed by atoms with E-state index in [2.05, 4.69) is 12.2 Å². The lowest BCUT2D eigenvalue weighted by molar-refractivity contribution is 0.0953. The molecule has 0 heterocycles. The summed E-state index contributed by atoms with van der Waals surface area (Å²) in [5.74, 6) is 0.298. The Labute approximate surface area is 171 Å². The number of rotatable bonds is 9. The number of unbranched alkanes of at least 4 members (excludes halogenated alkanes) is 2. The Hall–Kier alpha value is -2.25. The summed E-state index contributed by atoms with van der Waals surface area (Å²) in [6.45, 7) is 2.67. The highest BCUT2D eigenvalue weighted by atomic mass is 35.5. The minimum atomic E-state index is -3.77. The van der Waals surface area contributed by atoms with Gasteiger partial charge in [0.15, 0.2) is 0 Å². The van der Waals surface area contributed by atoms with Crippen molar-refractivity contribution >= 4 is 33.2 Å². The largest absolute Gasteiger partial charge is 0.497 e. The standard InChI is InChI=1S/C20H25ClN2O4S/c1-4-5-6-13-22-20(24)18-12-7-15(14-19(18)21)23(2)28(25,26)17-10-8-16(27-3)9-11-17/h7-12,14H,4-6,13H2,1-3H3,(H,22,24). The number of anilines is 1. The molecule has 1 amide bonds. The van der Waals surface area contributed by atoms with Crippen molar-refractivity contribution in [3.05, 3.63) is 53.1 Å². The number of sulfonamides is 1. The number of carbonyl (C=O) groups is 1. The summed E-state index contributed by atoms with van der Waals surface area (Å²) < 4.78 is 31.8. The lowest BCUT2D eigenvalue weighted by atomic mass is 10.2. The maximum absolute atomic E-state index is 12.8. The van der Waals surface area contributed by atoms with Crippen LogP contribution < -0.4 is 14.4 Å². The Morgan fingerprint density at radius 1 is 1.14 bits per heavy atom. The summed E-state index contributed by atoms with van der Waals surface area (Å²) in [6, 6.07) is 10.7. The number of hydrogen-bond acceptors (Lipinski definition) is 4. The highest BCUT2D eigenvalue weighted by Gasteiger charge is 2.22. The Balaban J connectivity index is 2.18. The van der Waals surface area contributed by atoms with Gasteiger partial charge in [-0.1, -0.05) is 31.4 Å². The average molecular weight is 425 g/mol. The van der Waals surface area contributed by atoms with Crippen molar-refractivity contribution in [3.63, 3.8) is 0 Å². The Morgan fingerprint density at radius 3 is 2.39 bits per heavy atom. The van der Waals surface area contributed by atoms with E-state index < -0.39 is 10.0 Å². The molecule has 2 aromatic carbocycles. The van der Waals surface area contributed by atoms with Crippen molar-refractivity contribution in [1.82, 2.24) is 5.32 Å². The maximum Gasteiger partial charge on any atom is 0.264 e. The van der Waals surface area contributed by atoms with E-state index in [1.807, 2.05) is 0 Å². The second kappa shape index (κ2) is 9.80. The minimum Gasteiger partial charge on any atom is -0.497 e. The van der Waals surface area contributed by atoms with Gasteiger partial charge in [0.2, 0.25) is 0 Å². The molecule has 0 spiro atoms. The van der Waals surface area contributed by atoms with Crippen LogP contribution in [0.5, 0.6) is 5.75 Å². The molecule has 0 bridgehead atoms. The Kier molecular flexibility index (Phi) is 7.71. The molecule has 0 atom stereocenters. The zero-order valence-electron chi connectivity index (χ0n) is 16.2. The summed E-state index contributed by atoms with van der Waals surface area (Å²) in [4.78, 5) is 12.4. The molecule has 0 fully saturated rings. The topological polar surface area (TPSA) is 75.7 Å². The molecule has 0 saturated carbocycles. The summed E-state index contributed by atoms with van der Waals surface area (Å²) in [6.07, 6.45) is 3.02. The SMILES string of the molecule is CCCCCNC(=O)c1ccc(N(C)S(=O)(=O)c2ccc(OC)cc2)cc1Cl. The van der Waals surface area contributed by atoms with Gasteiger partial charge in [-0.15, -0.1) is 0 Å². The van der Waals surface area contributed by atoms with Crippen LogP contribution in [-0.2, 0) is 10.0 Å². The Morgan fingerprint density at radius 2 is 1.82 bits per heavy atom. The van der Waals surface area contributed by atoms with Crippen LogP contribution in [0.1, 0.15) is 36.5 Å². The number of amides is 1. The summed E-state index contributed by atoms with van der Waals surface area (Å²) in [5.41, 5.74) is 0.681. The number of halogens is 1. The molecule has 152 valence electrons. The highest BCUT2D eigenvalue weighted by molar-refractivity contribution is 7.92. The van der Waals surface area contributed by atoms with Crippen molar-refractivity contribution < 1.29 is 17.9 Å². The molecular formula is C20H25ClN2O4S. The van der Waals surface area contributed by atoms with Crippen LogP contribution in [0.2, 0.25) is 5.02 Å². The lowest BCUT2D eigenvalue weighted by Crippen LogP contribution is -2.27. The Bertz CT molecular complexity index is 914. The molecule has 2 aromatic rings. The zero-order valence-corrected chi connectivity index (χ0v) is 17.8. The maximum atomic E-state index is 12.8. The van der Waals surface area contributed by atoms with Gasteiger partial charge in [-0.2, -0.15) is 0 Å². The third-order valence-corrected chi connectivity index (χ3v) is 6.46. The first-order chi connectivity index (χ1) is 13.3. The van der Waals surface area contributed by atoms with Gasteiger partial charge < -0.3 is 10.1 Å². The molecular weight excluding hydrogens is 400 g/mol. The van der Waals surface area contributed by atoms with E-state index in [4.69, 9.17) is 16.3 Å². The van der Waals surface area contributed by atoms with Crippen LogP contribution in [-0.4, -0.2) is 35.0 Å². The lowest BCUT2D eigenvalue weighted by Gasteiger charge is -2.20. The normalized spacial score (nSPS) is 11.1. The van der Waals surface area contributed by atoms with Gasteiger partial charge in [0.05, 0.1) is 28.3 Å². The van der Waals surface area contributed by atoms with E-state index in [0.717, 1.165) is 23.6 Å². The number of nitrogens with one attached hydrogen (secondary N) is 1. The fourth-order valence-corrected chi connectivity index (χ4v) is 4.05. The van der Waals surface area contributed by atoms with Gasteiger partial charge in [-0.25, -0.2) is 8.42 Å². The highest BCUT2D eigenvalue weighted by Crippen LogP contribution is 2.28. The first-order valence-electron chi connectivity index (χ1n) is 9.02. The molecule has 0 aromatic heterocycles. The van der Waals surface area contributed by atoms with Crippen molar-refractivity contribution in [3.8, 4) is 5.75 Å². The van der Waals surface area contributed by atoms with Gasteiger partial charge in [0.25, 0.3) is 15.9 Å². The molecule has 0 aliphatic carbocycles.